The Labute approximate surface area is 170 Å². The molecule has 3 heterocycles. The van der Waals surface area contributed by atoms with E-state index < -0.39 is 5.97 Å². The van der Waals surface area contributed by atoms with Crippen LogP contribution in [0.1, 0.15) is 32.1 Å². The third-order valence-electron chi connectivity index (χ3n) is 7.07. The number of nitrogens with zero attached hydrogens (tertiary/aromatic N) is 1. The highest BCUT2D eigenvalue weighted by Gasteiger charge is 2.70. The fourth-order valence-electron chi connectivity index (χ4n) is 6.21. The number of rotatable bonds is 3. The van der Waals surface area contributed by atoms with Gasteiger partial charge in [0.15, 0.2) is 0 Å². The maximum absolute atomic E-state index is 13.1. The summed E-state index contributed by atoms with van der Waals surface area (Å²) >= 11 is 2.93. The topological polar surface area (TPSA) is 96.5 Å². The van der Waals surface area contributed by atoms with Gasteiger partial charge in [-0.15, -0.1) is 11.8 Å². The molecule has 2 amide bonds. The Morgan fingerprint density at radius 3 is 2.57 bits per heavy atom. The second kappa shape index (κ2) is 5.95. The standard InChI is InChI=1S/C19H22N2O5S2/c1-4-26-9(22)6-21-16(23)10-7-5-8(11(10)17(21)24)13-12(7)19(2,3)14-15(27-13)20-18(25)28-14/h7-8,10-13H,4-6H2,1-3H3,(H,20,25)/t7-,8-,10-,11+,12-,13-/m1/s1. The third-order valence-corrected chi connectivity index (χ3v) is 9.88. The lowest BCUT2D eigenvalue weighted by atomic mass is 9.64. The number of esters is 1. The van der Waals surface area contributed by atoms with E-state index in [1.807, 2.05) is 0 Å². The van der Waals surface area contributed by atoms with Gasteiger partial charge in [0, 0.05) is 15.5 Å². The van der Waals surface area contributed by atoms with Gasteiger partial charge >= 0.3 is 10.8 Å². The van der Waals surface area contributed by atoms with Gasteiger partial charge < -0.3 is 9.72 Å². The molecule has 150 valence electrons. The number of imide groups is 1. The molecular formula is C19H22N2O5S2. The van der Waals surface area contributed by atoms with Crippen molar-refractivity contribution < 1.29 is 19.1 Å². The number of likely N-dealkylation sites (tertiary alicyclic amines) is 1. The van der Waals surface area contributed by atoms with Gasteiger partial charge in [0.2, 0.25) is 11.8 Å². The van der Waals surface area contributed by atoms with Gasteiger partial charge in [-0.05, 0) is 31.1 Å². The van der Waals surface area contributed by atoms with E-state index in [9.17, 15) is 19.2 Å². The van der Waals surface area contributed by atoms with Crippen molar-refractivity contribution in [3.63, 3.8) is 0 Å². The van der Waals surface area contributed by atoms with Gasteiger partial charge in [-0.25, -0.2) is 0 Å². The van der Waals surface area contributed by atoms with Gasteiger partial charge in [0.05, 0.1) is 23.5 Å². The van der Waals surface area contributed by atoms with Crippen molar-refractivity contribution in [2.45, 2.75) is 42.9 Å². The minimum Gasteiger partial charge on any atom is -0.465 e. The van der Waals surface area contributed by atoms with Crippen molar-refractivity contribution in [2.75, 3.05) is 13.2 Å². The first kappa shape index (κ1) is 18.4. The van der Waals surface area contributed by atoms with Crippen LogP contribution in [0.15, 0.2) is 9.82 Å². The number of hydrogen-bond donors (Lipinski definition) is 1. The first-order valence-electron chi connectivity index (χ1n) is 9.66. The van der Waals surface area contributed by atoms with Crippen molar-refractivity contribution in [3.05, 3.63) is 14.5 Å². The zero-order chi connectivity index (χ0) is 20.0. The predicted molar refractivity (Wildman–Crippen MR) is 103 cm³/mol. The molecular weight excluding hydrogens is 400 g/mol. The number of hydrogen-bond acceptors (Lipinski definition) is 7. The van der Waals surface area contributed by atoms with Crippen LogP contribution in [0.2, 0.25) is 0 Å². The smallest absolute Gasteiger partial charge is 0.326 e. The second-order valence-electron chi connectivity index (χ2n) is 8.69. The molecule has 6 atom stereocenters. The zero-order valence-electron chi connectivity index (χ0n) is 15.9. The summed E-state index contributed by atoms with van der Waals surface area (Å²) < 4.78 is 4.94. The highest BCUT2D eigenvalue weighted by molar-refractivity contribution is 8.00. The van der Waals surface area contributed by atoms with E-state index in [1.165, 1.54) is 11.3 Å². The Bertz CT molecular complexity index is 950. The molecule has 2 saturated carbocycles. The second-order valence-corrected chi connectivity index (χ2v) is 10.9. The molecule has 3 fully saturated rings. The number of carbonyl (C=O) groups is 3. The van der Waals surface area contributed by atoms with Crippen LogP contribution in [0.25, 0.3) is 0 Å². The van der Waals surface area contributed by atoms with Crippen LogP contribution in [0.5, 0.6) is 0 Å². The van der Waals surface area contributed by atoms with Gasteiger partial charge in [-0.1, -0.05) is 25.2 Å². The van der Waals surface area contributed by atoms with Crippen molar-refractivity contribution in [2.24, 2.45) is 29.6 Å². The maximum atomic E-state index is 13.1. The molecule has 1 aromatic rings. The number of aromatic amines is 1. The fraction of sp³-hybridized carbons (Fsp3) is 0.684. The van der Waals surface area contributed by atoms with E-state index in [2.05, 4.69) is 18.8 Å². The van der Waals surface area contributed by atoms with Crippen LogP contribution >= 0.6 is 23.1 Å². The molecule has 4 aliphatic rings. The number of thiazole rings is 1. The third kappa shape index (κ3) is 2.23. The quantitative estimate of drug-likeness (QED) is 0.587. The van der Waals surface area contributed by atoms with E-state index in [0.29, 0.717) is 0 Å². The summed E-state index contributed by atoms with van der Waals surface area (Å²) in [6, 6.07) is 0. The van der Waals surface area contributed by atoms with Crippen molar-refractivity contribution in [1.82, 2.24) is 9.88 Å². The summed E-state index contributed by atoms with van der Waals surface area (Å²) in [5, 5.41) is 1.13. The van der Waals surface area contributed by atoms with Gasteiger partial charge in [0.1, 0.15) is 6.54 Å². The monoisotopic (exact) mass is 422 g/mol. The molecule has 9 heteroatoms. The number of nitrogens with one attached hydrogen (secondary N) is 1. The largest absolute Gasteiger partial charge is 0.465 e. The first-order chi connectivity index (χ1) is 13.3. The van der Waals surface area contributed by atoms with Gasteiger partial charge in [-0.3, -0.25) is 24.1 Å². The predicted octanol–water partition coefficient (Wildman–Crippen LogP) is 1.62. The number of H-pyrrole nitrogens is 1. The SMILES string of the molecule is CCOC(=O)CN1C(=O)[C@@H]2[C@H]3C[C@@H]([C@H]4Sc5[nH]c(=O)sc5C(C)(C)[C@H]34)[C@@H]2C1=O. The van der Waals surface area contributed by atoms with Crippen LogP contribution in [0.3, 0.4) is 0 Å². The van der Waals surface area contributed by atoms with E-state index in [4.69, 9.17) is 4.74 Å². The zero-order valence-corrected chi connectivity index (χ0v) is 17.5. The molecule has 1 aromatic heterocycles. The normalized spacial score (nSPS) is 37.0. The molecule has 5 rings (SSSR count). The lowest BCUT2D eigenvalue weighted by molar-refractivity contribution is -0.153. The Morgan fingerprint density at radius 1 is 1.21 bits per heavy atom. The van der Waals surface area contributed by atoms with Crippen LogP contribution < -0.4 is 4.87 Å². The molecule has 0 unspecified atom stereocenters. The van der Waals surface area contributed by atoms with Crippen LogP contribution in [-0.2, 0) is 24.5 Å². The van der Waals surface area contributed by atoms with Gasteiger partial charge in [-0.2, -0.15) is 0 Å². The highest BCUT2D eigenvalue weighted by atomic mass is 32.2. The molecule has 0 spiro atoms. The van der Waals surface area contributed by atoms with E-state index >= 15 is 0 Å². The van der Waals surface area contributed by atoms with Gasteiger partial charge in [0.25, 0.3) is 0 Å². The fourth-order valence-corrected chi connectivity index (χ4v) is 9.36. The lowest BCUT2D eigenvalue weighted by Gasteiger charge is -2.47. The summed E-state index contributed by atoms with van der Waals surface area (Å²) in [5.41, 5.74) is -0.225. The maximum Gasteiger partial charge on any atom is 0.326 e. The molecule has 1 saturated heterocycles. The summed E-state index contributed by atoms with van der Waals surface area (Å²) in [6.07, 6.45) is 0.866. The summed E-state index contributed by atoms with van der Waals surface area (Å²) in [7, 11) is 0. The number of amides is 2. The first-order valence-corrected chi connectivity index (χ1v) is 11.4. The Morgan fingerprint density at radius 2 is 1.89 bits per heavy atom. The number of ether oxygens (including phenoxy) is 1. The summed E-state index contributed by atoms with van der Waals surface area (Å²) in [4.78, 5) is 55.1. The Hall–Kier alpha value is -1.61. The number of fused-ring (bicyclic) bond motifs is 9. The number of thioether (sulfide) groups is 1. The summed E-state index contributed by atoms with van der Waals surface area (Å²) in [6.45, 7) is 5.95. The molecule has 0 aromatic carbocycles. The molecule has 0 radical (unpaired) electrons. The minimum absolute atomic E-state index is 0.0501. The minimum atomic E-state index is -0.539. The van der Waals surface area contributed by atoms with Crippen molar-refractivity contribution in [1.29, 1.82) is 0 Å². The Kier molecular flexibility index (Phi) is 3.91. The van der Waals surface area contributed by atoms with E-state index in [0.717, 1.165) is 21.2 Å². The number of aromatic nitrogens is 1. The van der Waals surface area contributed by atoms with Crippen LogP contribution in [0.4, 0.5) is 0 Å². The highest BCUT2D eigenvalue weighted by Crippen LogP contribution is 2.68. The van der Waals surface area contributed by atoms with Crippen LogP contribution in [0, 0.1) is 29.6 Å². The summed E-state index contributed by atoms with van der Waals surface area (Å²) in [5.74, 6) is -1.22. The molecule has 2 aliphatic heterocycles. The lowest BCUT2D eigenvalue weighted by Crippen LogP contribution is -2.48. The molecule has 28 heavy (non-hydrogen) atoms. The average Bonchev–Trinajstić information content (AvgIpc) is 3.33. The molecule has 2 bridgehead atoms. The Balaban J connectivity index is 1.49. The molecule has 7 nitrogen and oxygen atoms in total. The van der Waals surface area contributed by atoms with Crippen molar-refractivity contribution in [3.8, 4) is 0 Å². The molecule has 2 aliphatic carbocycles. The number of carbonyl (C=O) groups excluding carboxylic acids is 3. The van der Waals surface area contributed by atoms with E-state index in [1.54, 1.807) is 18.7 Å². The average molecular weight is 423 g/mol. The van der Waals surface area contributed by atoms with E-state index in [-0.39, 0.29) is 70.1 Å². The molecule has 1 N–H and O–H groups in total. The van der Waals surface area contributed by atoms with Crippen LogP contribution in [-0.4, -0.2) is 46.1 Å². The van der Waals surface area contributed by atoms with Crippen molar-refractivity contribution >= 4 is 40.9 Å².